The molecule has 18 heavy (non-hydrogen) atoms. The summed E-state index contributed by atoms with van der Waals surface area (Å²) in [4.78, 5) is 12.1. The van der Waals surface area contributed by atoms with Crippen molar-refractivity contribution in [1.29, 1.82) is 0 Å². The van der Waals surface area contributed by atoms with Crippen molar-refractivity contribution in [3.63, 3.8) is 0 Å². The lowest BCUT2D eigenvalue weighted by molar-refractivity contribution is 0.0709. The zero-order valence-corrected chi connectivity index (χ0v) is 11.6. The van der Waals surface area contributed by atoms with Gasteiger partial charge in [0.15, 0.2) is 0 Å². The van der Waals surface area contributed by atoms with Gasteiger partial charge in [0.1, 0.15) is 5.75 Å². The minimum Gasteiger partial charge on any atom is -0.496 e. The third-order valence-electron chi connectivity index (χ3n) is 3.15. The maximum atomic E-state index is 12.1. The Morgan fingerprint density at radius 1 is 1.44 bits per heavy atom. The highest BCUT2D eigenvalue weighted by Gasteiger charge is 2.26. The minimum atomic E-state index is -0.671. The summed E-state index contributed by atoms with van der Waals surface area (Å²) in [5.41, 5.74) is 0.824. The van der Waals surface area contributed by atoms with Gasteiger partial charge in [-0.3, -0.25) is 4.79 Å². The molecule has 1 atom stereocenters. The molecular weight excluding hydrogens is 230 g/mol. The molecule has 1 rings (SSSR count). The van der Waals surface area contributed by atoms with E-state index in [1.165, 1.54) is 0 Å². The van der Waals surface area contributed by atoms with E-state index in [2.05, 4.69) is 5.32 Å². The van der Waals surface area contributed by atoms with Crippen molar-refractivity contribution >= 4 is 5.91 Å². The number of rotatable bonds is 4. The molecule has 0 aliphatic heterocycles. The van der Waals surface area contributed by atoms with Crippen molar-refractivity contribution in [2.75, 3.05) is 7.11 Å². The van der Waals surface area contributed by atoms with Crippen LogP contribution in [0.3, 0.4) is 0 Å². The molecule has 4 heteroatoms. The largest absolute Gasteiger partial charge is 0.496 e. The van der Waals surface area contributed by atoms with E-state index < -0.39 is 11.6 Å². The van der Waals surface area contributed by atoms with Crippen molar-refractivity contribution in [3.8, 4) is 5.75 Å². The van der Waals surface area contributed by atoms with Crippen LogP contribution in [0.5, 0.6) is 5.75 Å². The number of amides is 1. The highest BCUT2D eigenvalue weighted by atomic mass is 16.5. The van der Waals surface area contributed by atoms with Crippen molar-refractivity contribution in [2.45, 2.75) is 39.3 Å². The summed E-state index contributed by atoms with van der Waals surface area (Å²) in [6, 6.07) is 5.28. The van der Waals surface area contributed by atoms with Gasteiger partial charge in [0, 0.05) is 5.56 Å². The molecule has 0 saturated carbocycles. The molecule has 1 unspecified atom stereocenters. The van der Waals surface area contributed by atoms with Gasteiger partial charge < -0.3 is 15.2 Å². The number of methoxy groups -OCH3 is 1. The predicted octanol–water partition coefficient (Wildman–Crippen LogP) is 1.89. The number of benzene rings is 1. The molecule has 4 nitrogen and oxygen atoms in total. The molecule has 0 fully saturated rings. The van der Waals surface area contributed by atoms with E-state index >= 15 is 0 Å². The molecule has 0 aromatic heterocycles. The van der Waals surface area contributed by atoms with Gasteiger partial charge in [-0.1, -0.05) is 6.07 Å². The van der Waals surface area contributed by atoms with Gasteiger partial charge in [-0.05, 0) is 45.4 Å². The first-order valence-corrected chi connectivity index (χ1v) is 5.93. The third-order valence-corrected chi connectivity index (χ3v) is 3.15. The van der Waals surface area contributed by atoms with Crippen LogP contribution in [0.15, 0.2) is 18.2 Å². The van der Waals surface area contributed by atoms with E-state index in [4.69, 9.17) is 4.74 Å². The molecule has 0 radical (unpaired) electrons. The standard InChI is InChI=1S/C14H21NO3/c1-9-6-7-11(8-12(9)18-5)13(17)15-14(3,4)10(2)16/h6-8,10,16H,1-5H3,(H,15,17). The second kappa shape index (κ2) is 5.40. The number of ether oxygens (including phenoxy) is 1. The maximum Gasteiger partial charge on any atom is 0.251 e. The molecule has 0 saturated heterocycles. The van der Waals surface area contributed by atoms with Crippen molar-refractivity contribution in [3.05, 3.63) is 29.3 Å². The summed E-state index contributed by atoms with van der Waals surface area (Å²) in [7, 11) is 1.57. The molecule has 0 heterocycles. The monoisotopic (exact) mass is 251 g/mol. The Kier molecular flexibility index (Phi) is 4.35. The quantitative estimate of drug-likeness (QED) is 0.859. The van der Waals surface area contributed by atoms with Gasteiger partial charge in [-0.25, -0.2) is 0 Å². The van der Waals surface area contributed by atoms with Crippen LogP contribution in [0.4, 0.5) is 0 Å². The highest BCUT2D eigenvalue weighted by molar-refractivity contribution is 5.95. The molecule has 0 spiro atoms. The second-order valence-corrected chi connectivity index (χ2v) is 5.04. The molecule has 0 aliphatic carbocycles. The Morgan fingerprint density at radius 2 is 2.06 bits per heavy atom. The first kappa shape index (κ1) is 14.5. The zero-order chi connectivity index (χ0) is 13.9. The van der Waals surface area contributed by atoms with Crippen LogP contribution in [-0.4, -0.2) is 29.8 Å². The zero-order valence-electron chi connectivity index (χ0n) is 11.6. The van der Waals surface area contributed by atoms with Crippen LogP contribution in [0.1, 0.15) is 36.7 Å². The third kappa shape index (κ3) is 3.23. The average molecular weight is 251 g/mol. The van der Waals surface area contributed by atoms with Gasteiger partial charge >= 0.3 is 0 Å². The summed E-state index contributed by atoms with van der Waals surface area (Å²) in [6.45, 7) is 7.12. The number of aliphatic hydroxyl groups is 1. The van der Waals surface area contributed by atoms with Gasteiger partial charge in [0.2, 0.25) is 0 Å². The molecule has 0 bridgehead atoms. The highest BCUT2D eigenvalue weighted by Crippen LogP contribution is 2.19. The van der Waals surface area contributed by atoms with Crippen molar-refractivity contribution < 1.29 is 14.6 Å². The molecule has 0 aliphatic rings. The van der Waals surface area contributed by atoms with E-state index in [0.29, 0.717) is 11.3 Å². The van der Waals surface area contributed by atoms with E-state index in [1.807, 2.05) is 13.0 Å². The number of hydrogen-bond acceptors (Lipinski definition) is 3. The van der Waals surface area contributed by atoms with Crippen LogP contribution in [0.2, 0.25) is 0 Å². The second-order valence-electron chi connectivity index (χ2n) is 5.04. The Bertz CT molecular complexity index is 439. The number of carbonyl (C=O) groups is 1. The van der Waals surface area contributed by atoms with Gasteiger partial charge in [0.05, 0.1) is 18.8 Å². The van der Waals surface area contributed by atoms with Crippen LogP contribution in [0, 0.1) is 6.92 Å². The lowest BCUT2D eigenvalue weighted by Gasteiger charge is -2.29. The van der Waals surface area contributed by atoms with E-state index in [1.54, 1.807) is 40.0 Å². The molecule has 1 aromatic rings. The molecule has 2 N–H and O–H groups in total. The van der Waals surface area contributed by atoms with Gasteiger partial charge in [-0.15, -0.1) is 0 Å². The molecule has 1 aromatic carbocycles. The molecular formula is C14H21NO3. The smallest absolute Gasteiger partial charge is 0.251 e. The number of aliphatic hydroxyl groups excluding tert-OH is 1. The van der Waals surface area contributed by atoms with E-state index in [-0.39, 0.29) is 5.91 Å². The van der Waals surface area contributed by atoms with Gasteiger partial charge in [-0.2, -0.15) is 0 Å². The van der Waals surface area contributed by atoms with Crippen LogP contribution < -0.4 is 10.1 Å². The lowest BCUT2D eigenvalue weighted by atomic mass is 9.98. The fourth-order valence-electron chi connectivity index (χ4n) is 1.43. The van der Waals surface area contributed by atoms with E-state index in [9.17, 15) is 9.90 Å². The number of aryl methyl sites for hydroxylation is 1. The lowest BCUT2D eigenvalue weighted by Crippen LogP contribution is -2.50. The summed E-state index contributed by atoms with van der Waals surface area (Å²) < 4.78 is 5.18. The Hall–Kier alpha value is -1.55. The normalized spacial score (nSPS) is 13.0. The first-order valence-electron chi connectivity index (χ1n) is 5.93. The van der Waals surface area contributed by atoms with Crippen LogP contribution in [-0.2, 0) is 0 Å². The van der Waals surface area contributed by atoms with Crippen LogP contribution >= 0.6 is 0 Å². The topological polar surface area (TPSA) is 58.6 Å². The number of nitrogens with one attached hydrogen (secondary N) is 1. The van der Waals surface area contributed by atoms with Gasteiger partial charge in [0.25, 0.3) is 5.91 Å². The van der Waals surface area contributed by atoms with E-state index in [0.717, 1.165) is 5.56 Å². The van der Waals surface area contributed by atoms with Crippen molar-refractivity contribution in [2.24, 2.45) is 0 Å². The Labute approximate surface area is 108 Å². The minimum absolute atomic E-state index is 0.223. The Morgan fingerprint density at radius 3 is 2.56 bits per heavy atom. The SMILES string of the molecule is COc1cc(C(=O)NC(C)(C)C(C)O)ccc1C. The molecule has 1 amide bonds. The maximum absolute atomic E-state index is 12.1. The summed E-state index contributed by atoms with van der Waals surface area (Å²) in [6.07, 6.45) is -0.631. The average Bonchev–Trinajstić information content (AvgIpc) is 2.28. The number of hydrogen-bond donors (Lipinski definition) is 2. The summed E-state index contributed by atoms with van der Waals surface area (Å²) in [5, 5.41) is 12.4. The fraction of sp³-hybridized carbons (Fsp3) is 0.500. The summed E-state index contributed by atoms with van der Waals surface area (Å²) in [5.74, 6) is 0.455. The Balaban J connectivity index is 2.92. The summed E-state index contributed by atoms with van der Waals surface area (Å²) >= 11 is 0. The molecule has 100 valence electrons. The fourth-order valence-corrected chi connectivity index (χ4v) is 1.43. The first-order chi connectivity index (χ1) is 8.27. The van der Waals surface area contributed by atoms with Crippen molar-refractivity contribution in [1.82, 2.24) is 5.32 Å². The number of carbonyl (C=O) groups excluding carboxylic acids is 1. The predicted molar refractivity (Wildman–Crippen MR) is 71.0 cm³/mol. The van der Waals surface area contributed by atoms with Crippen LogP contribution in [0.25, 0.3) is 0 Å².